The van der Waals surface area contributed by atoms with E-state index in [0.717, 1.165) is 49.2 Å². The van der Waals surface area contributed by atoms with Crippen molar-refractivity contribution in [2.75, 3.05) is 32.8 Å². The summed E-state index contributed by atoms with van der Waals surface area (Å²) in [6.07, 6.45) is 2.92. The highest BCUT2D eigenvalue weighted by molar-refractivity contribution is 5.85. The van der Waals surface area contributed by atoms with Crippen LogP contribution in [0.3, 0.4) is 0 Å². The second-order valence-electron chi connectivity index (χ2n) is 6.61. The van der Waals surface area contributed by atoms with E-state index in [1.165, 1.54) is 5.56 Å². The first-order valence-electron chi connectivity index (χ1n) is 8.81. The predicted molar refractivity (Wildman–Crippen MR) is 103 cm³/mol. The molecule has 1 amide bonds. The average molecular weight is 371 g/mol. The first-order valence-corrected chi connectivity index (χ1v) is 8.81. The maximum Gasteiger partial charge on any atom is 0.260 e. The SMILES string of the molecule is Cc1cc(C)c(OCC(=O)N2CCC(OCCCN)CC2)c(C)c1.Cl. The Kier molecular flexibility index (Phi) is 9.25. The molecule has 0 unspecified atom stereocenters. The van der Waals surface area contributed by atoms with Crippen molar-refractivity contribution in [3.05, 3.63) is 28.8 Å². The van der Waals surface area contributed by atoms with E-state index < -0.39 is 0 Å². The van der Waals surface area contributed by atoms with Gasteiger partial charge in [-0.1, -0.05) is 17.7 Å². The van der Waals surface area contributed by atoms with Crippen molar-refractivity contribution >= 4 is 18.3 Å². The number of piperidine rings is 1. The van der Waals surface area contributed by atoms with Gasteiger partial charge in [0.1, 0.15) is 5.75 Å². The number of hydrogen-bond acceptors (Lipinski definition) is 4. The van der Waals surface area contributed by atoms with E-state index in [1.54, 1.807) is 0 Å². The van der Waals surface area contributed by atoms with Gasteiger partial charge in [0.05, 0.1) is 6.10 Å². The Morgan fingerprint density at radius 3 is 2.36 bits per heavy atom. The lowest BCUT2D eigenvalue weighted by molar-refractivity contribution is -0.136. The number of carbonyl (C=O) groups excluding carboxylic acids is 1. The molecule has 0 aliphatic carbocycles. The predicted octanol–water partition coefficient (Wildman–Crippen LogP) is 2.77. The topological polar surface area (TPSA) is 64.8 Å². The largest absolute Gasteiger partial charge is 0.483 e. The van der Waals surface area contributed by atoms with E-state index in [0.29, 0.717) is 13.2 Å². The number of aryl methyl sites for hydroxylation is 3. The maximum absolute atomic E-state index is 12.4. The van der Waals surface area contributed by atoms with Crippen molar-refractivity contribution < 1.29 is 14.3 Å². The van der Waals surface area contributed by atoms with Gasteiger partial charge in [-0.05, 0) is 57.7 Å². The number of benzene rings is 1. The molecular formula is C19H31ClN2O3. The quantitative estimate of drug-likeness (QED) is 0.749. The molecule has 0 aromatic heterocycles. The van der Waals surface area contributed by atoms with E-state index in [1.807, 2.05) is 18.7 Å². The lowest BCUT2D eigenvalue weighted by Crippen LogP contribution is -2.43. The molecule has 0 spiro atoms. The van der Waals surface area contributed by atoms with Crippen molar-refractivity contribution in [2.45, 2.75) is 46.1 Å². The molecule has 1 aliphatic heterocycles. The molecule has 2 rings (SSSR count). The van der Waals surface area contributed by atoms with Crippen LogP contribution in [0.1, 0.15) is 36.0 Å². The fraction of sp³-hybridized carbons (Fsp3) is 0.632. The molecule has 1 heterocycles. The van der Waals surface area contributed by atoms with Gasteiger partial charge in [0.25, 0.3) is 5.91 Å². The average Bonchev–Trinajstić information content (AvgIpc) is 2.54. The van der Waals surface area contributed by atoms with Crippen molar-refractivity contribution in [2.24, 2.45) is 5.73 Å². The molecule has 2 N–H and O–H groups in total. The lowest BCUT2D eigenvalue weighted by Gasteiger charge is -2.32. The molecule has 1 fully saturated rings. The highest BCUT2D eigenvalue weighted by Crippen LogP contribution is 2.24. The first-order chi connectivity index (χ1) is 11.5. The minimum Gasteiger partial charge on any atom is -0.483 e. The smallest absolute Gasteiger partial charge is 0.260 e. The number of nitrogens with zero attached hydrogens (tertiary/aromatic N) is 1. The second-order valence-corrected chi connectivity index (χ2v) is 6.61. The summed E-state index contributed by atoms with van der Waals surface area (Å²) in [5.41, 5.74) is 8.83. The van der Waals surface area contributed by atoms with Gasteiger partial charge in [0.15, 0.2) is 6.61 Å². The van der Waals surface area contributed by atoms with E-state index in [2.05, 4.69) is 19.1 Å². The molecule has 0 radical (unpaired) electrons. The summed E-state index contributed by atoms with van der Waals surface area (Å²) >= 11 is 0. The lowest BCUT2D eigenvalue weighted by atomic mass is 10.1. The molecule has 0 saturated carbocycles. The minimum atomic E-state index is 0. The molecule has 1 aromatic carbocycles. The van der Waals surface area contributed by atoms with Crippen LogP contribution in [-0.4, -0.2) is 49.8 Å². The summed E-state index contributed by atoms with van der Waals surface area (Å²) in [6.45, 7) is 9.05. The molecular weight excluding hydrogens is 340 g/mol. The van der Waals surface area contributed by atoms with Crippen LogP contribution >= 0.6 is 12.4 Å². The summed E-state index contributed by atoms with van der Waals surface area (Å²) in [6, 6.07) is 4.16. The fourth-order valence-corrected chi connectivity index (χ4v) is 3.22. The summed E-state index contributed by atoms with van der Waals surface area (Å²) in [4.78, 5) is 14.2. The Balaban J connectivity index is 0.00000312. The number of carbonyl (C=O) groups is 1. The Morgan fingerprint density at radius 1 is 1.20 bits per heavy atom. The van der Waals surface area contributed by atoms with Gasteiger partial charge in [-0.2, -0.15) is 0 Å². The second kappa shape index (κ2) is 10.6. The highest BCUT2D eigenvalue weighted by Gasteiger charge is 2.23. The normalized spacial score (nSPS) is 15.0. The van der Waals surface area contributed by atoms with Crippen LogP contribution in [0.4, 0.5) is 0 Å². The van der Waals surface area contributed by atoms with Crippen LogP contribution < -0.4 is 10.5 Å². The molecule has 142 valence electrons. The number of amides is 1. The van der Waals surface area contributed by atoms with Crippen molar-refractivity contribution in [3.63, 3.8) is 0 Å². The monoisotopic (exact) mass is 370 g/mol. The van der Waals surface area contributed by atoms with Crippen LogP contribution in [0.15, 0.2) is 12.1 Å². The zero-order valence-electron chi connectivity index (χ0n) is 15.5. The third kappa shape index (κ3) is 6.49. The van der Waals surface area contributed by atoms with E-state index in [4.69, 9.17) is 15.2 Å². The molecule has 1 aromatic rings. The number of likely N-dealkylation sites (tertiary alicyclic amines) is 1. The molecule has 1 aliphatic rings. The summed E-state index contributed by atoms with van der Waals surface area (Å²) in [5.74, 6) is 0.878. The number of hydrogen-bond donors (Lipinski definition) is 1. The number of rotatable bonds is 7. The molecule has 6 heteroatoms. The van der Waals surface area contributed by atoms with Gasteiger partial charge in [-0.3, -0.25) is 4.79 Å². The molecule has 5 nitrogen and oxygen atoms in total. The van der Waals surface area contributed by atoms with Crippen LogP contribution in [0, 0.1) is 20.8 Å². The summed E-state index contributed by atoms with van der Waals surface area (Å²) in [7, 11) is 0. The Morgan fingerprint density at radius 2 is 1.80 bits per heavy atom. The van der Waals surface area contributed by atoms with Crippen molar-refractivity contribution in [1.82, 2.24) is 4.90 Å². The van der Waals surface area contributed by atoms with E-state index in [-0.39, 0.29) is 31.0 Å². The number of halogens is 1. The number of ether oxygens (including phenoxy) is 2. The third-order valence-corrected chi connectivity index (χ3v) is 4.44. The minimum absolute atomic E-state index is 0. The molecule has 1 saturated heterocycles. The zero-order chi connectivity index (χ0) is 17.5. The van der Waals surface area contributed by atoms with Gasteiger partial charge >= 0.3 is 0 Å². The first kappa shape index (κ1) is 21.7. The summed E-state index contributed by atoms with van der Waals surface area (Å²) < 4.78 is 11.6. The van der Waals surface area contributed by atoms with Gasteiger partial charge < -0.3 is 20.1 Å². The molecule has 0 atom stereocenters. The molecule has 25 heavy (non-hydrogen) atoms. The third-order valence-electron chi connectivity index (χ3n) is 4.44. The van der Waals surface area contributed by atoms with Crippen molar-refractivity contribution in [1.29, 1.82) is 0 Å². The Hall–Kier alpha value is -1.30. The van der Waals surface area contributed by atoms with Crippen molar-refractivity contribution in [3.8, 4) is 5.75 Å². The van der Waals surface area contributed by atoms with Crippen LogP contribution in [-0.2, 0) is 9.53 Å². The van der Waals surface area contributed by atoms with Gasteiger partial charge in [-0.25, -0.2) is 0 Å². The van der Waals surface area contributed by atoms with Crippen LogP contribution in [0.25, 0.3) is 0 Å². The van der Waals surface area contributed by atoms with Gasteiger partial charge in [0.2, 0.25) is 0 Å². The van der Waals surface area contributed by atoms with Crippen LogP contribution in [0.2, 0.25) is 0 Å². The fourth-order valence-electron chi connectivity index (χ4n) is 3.22. The van der Waals surface area contributed by atoms with Gasteiger partial charge in [-0.15, -0.1) is 12.4 Å². The summed E-state index contributed by atoms with van der Waals surface area (Å²) in [5, 5.41) is 0. The Labute approximate surface area is 157 Å². The maximum atomic E-state index is 12.4. The van der Waals surface area contributed by atoms with E-state index in [9.17, 15) is 4.79 Å². The van der Waals surface area contributed by atoms with Crippen LogP contribution in [0.5, 0.6) is 5.75 Å². The van der Waals surface area contributed by atoms with E-state index >= 15 is 0 Å². The van der Waals surface area contributed by atoms with Gasteiger partial charge in [0, 0.05) is 19.7 Å². The Bertz CT molecular complexity index is 535. The number of nitrogens with two attached hydrogens (primary N) is 1. The zero-order valence-corrected chi connectivity index (χ0v) is 16.4. The standard InChI is InChI=1S/C19H30N2O3.ClH/c1-14-11-15(2)19(16(3)12-14)24-13-18(22)21-8-5-17(6-9-21)23-10-4-7-20;/h11-12,17H,4-10,13,20H2,1-3H3;1H. The highest BCUT2D eigenvalue weighted by atomic mass is 35.5. The molecule has 0 bridgehead atoms.